The molecule has 0 aliphatic carbocycles. The van der Waals surface area contributed by atoms with Crippen LogP contribution in [0.1, 0.15) is 27.7 Å². The van der Waals surface area contributed by atoms with Crippen LogP contribution in [0, 0.1) is 21.6 Å². The van der Waals surface area contributed by atoms with Crippen LogP contribution in [-0.4, -0.2) is 11.3 Å². The van der Waals surface area contributed by atoms with E-state index in [1.165, 1.54) is 11.8 Å². The van der Waals surface area contributed by atoms with Crippen molar-refractivity contribution < 1.29 is 0 Å². The molecule has 3 nitrogen and oxygen atoms in total. The summed E-state index contributed by atoms with van der Waals surface area (Å²) in [5.74, 6) is 0. The second-order valence-corrected chi connectivity index (χ2v) is 5.28. The van der Waals surface area contributed by atoms with Crippen LogP contribution in [-0.2, 0) is 0 Å². The number of hydrogen-bond donors (Lipinski definition) is 1. The maximum absolute atomic E-state index is 8.60. The van der Waals surface area contributed by atoms with Crippen LogP contribution in [0.2, 0.25) is 0 Å². The lowest BCUT2D eigenvalue weighted by Crippen LogP contribution is -2.39. The zero-order chi connectivity index (χ0) is 9.83. The standard InChI is InChI=1S/C8H15N3S/c1-7(2,3)8(4,5-11-10)12-6-9/h10H,5H2,1-4H3. The average Bonchev–Trinajstić information content (AvgIpc) is 1.86. The van der Waals surface area contributed by atoms with Crippen molar-refractivity contribution in [2.45, 2.75) is 32.4 Å². The minimum absolute atomic E-state index is 0.0159. The first-order valence-corrected chi connectivity index (χ1v) is 4.59. The van der Waals surface area contributed by atoms with Crippen molar-refractivity contribution in [3.05, 3.63) is 0 Å². The molecule has 0 spiro atoms. The van der Waals surface area contributed by atoms with E-state index in [2.05, 4.69) is 31.3 Å². The van der Waals surface area contributed by atoms with E-state index in [0.29, 0.717) is 6.54 Å². The molecule has 12 heavy (non-hydrogen) atoms. The maximum Gasteiger partial charge on any atom is 0.134 e. The van der Waals surface area contributed by atoms with E-state index in [0.717, 1.165) is 0 Å². The minimum Gasteiger partial charge on any atom is -0.210 e. The summed E-state index contributed by atoms with van der Waals surface area (Å²) < 4.78 is -0.260. The minimum atomic E-state index is -0.260. The molecule has 0 bridgehead atoms. The molecule has 1 unspecified atom stereocenters. The average molecular weight is 185 g/mol. The van der Waals surface area contributed by atoms with Gasteiger partial charge in [-0.15, -0.1) is 0 Å². The summed E-state index contributed by atoms with van der Waals surface area (Å²) in [6.07, 6.45) is 0. The predicted molar refractivity (Wildman–Crippen MR) is 51.1 cm³/mol. The number of nitrogens with zero attached hydrogens (tertiary/aromatic N) is 2. The van der Waals surface area contributed by atoms with Gasteiger partial charge >= 0.3 is 0 Å². The molecule has 0 saturated carbocycles. The third-order valence-electron chi connectivity index (χ3n) is 2.24. The molecule has 1 N–H and O–H groups in total. The number of thioether (sulfide) groups is 1. The van der Waals surface area contributed by atoms with Gasteiger partial charge in [0.25, 0.3) is 0 Å². The maximum atomic E-state index is 8.60. The molecule has 1 atom stereocenters. The van der Waals surface area contributed by atoms with E-state index in [9.17, 15) is 0 Å². The van der Waals surface area contributed by atoms with Gasteiger partial charge in [0.2, 0.25) is 0 Å². The quantitative estimate of drug-likeness (QED) is 0.542. The molecule has 0 saturated heterocycles. The van der Waals surface area contributed by atoms with Crippen LogP contribution >= 0.6 is 11.8 Å². The lowest BCUT2D eigenvalue weighted by Gasteiger charge is -2.37. The number of nitriles is 1. The Morgan fingerprint density at radius 1 is 1.42 bits per heavy atom. The summed E-state index contributed by atoms with van der Waals surface area (Å²) in [6, 6.07) is 0. The van der Waals surface area contributed by atoms with E-state index in [1.54, 1.807) is 0 Å². The van der Waals surface area contributed by atoms with Gasteiger partial charge < -0.3 is 0 Å². The second-order valence-electron chi connectivity index (χ2n) is 3.99. The van der Waals surface area contributed by atoms with Gasteiger partial charge in [0.05, 0.1) is 11.3 Å². The first-order valence-electron chi connectivity index (χ1n) is 3.78. The lowest BCUT2D eigenvalue weighted by molar-refractivity contribution is 0.303. The molecule has 0 heterocycles. The van der Waals surface area contributed by atoms with E-state index in [1.807, 2.05) is 6.92 Å². The third-order valence-corrected chi connectivity index (χ3v) is 3.52. The number of hydrogen-bond acceptors (Lipinski definition) is 4. The van der Waals surface area contributed by atoms with Gasteiger partial charge in [-0.05, 0) is 24.1 Å². The van der Waals surface area contributed by atoms with Crippen molar-refractivity contribution in [1.29, 1.82) is 10.8 Å². The SMILES string of the molecule is CC(C)(C)C(C)(CN=N)SC#N. The topological polar surface area (TPSA) is 60.0 Å². The Morgan fingerprint density at radius 2 is 1.92 bits per heavy atom. The van der Waals surface area contributed by atoms with Crippen molar-refractivity contribution in [3.8, 4) is 5.40 Å². The number of nitrogens with one attached hydrogen (secondary N) is 1. The smallest absolute Gasteiger partial charge is 0.134 e. The largest absolute Gasteiger partial charge is 0.210 e. The molecule has 0 rings (SSSR count). The third kappa shape index (κ3) is 2.49. The van der Waals surface area contributed by atoms with Gasteiger partial charge in [-0.1, -0.05) is 20.8 Å². The molecule has 4 heteroatoms. The fourth-order valence-electron chi connectivity index (χ4n) is 0.674. The van der Waals surface area contributed by atoms with Crippen molar-refractivity contribution in [2.24, 2.45) is 10.5 Å². The van der Waals surface area contributed by atoms with Crippen molar-refractivity contribution >= 4 is 11.8 Å². The fraction of sp³-hybridized carbons (Fsp3) is 0.875. The van der Waals surface area contributed by atoms with Crippen LogP contribution in [0.5, 0.6) is 0 Å². The molecule has 68 valence electrons. The highest BCUT2D eigenvalue weighted by Gasteiger charge is 2.38. The van der Waals surface area contributed by atoms with Crippen LogP contribution in [0.15, 0.2) is 5.11 Å². The first-order chi connectivity index (χ1) is 5.37. The summed E-state index contributed by atoms with van der Waals surface area (Å²) in [5, 5.41) is 14.0. The zero-order valence-corrected chi connectivity index (χ0v) is 8.83. The van der Waals surface area contributed by atoms with E-state index in [4.69, 9.17) is 10.8 Å². The van der Waals surface area contributed by atoms with Gasteiger partial charge in [-0.25, -0.2) is 5.53 Å². The normalized spacial score (nSPS) is 16.2. The van der Waals surface area contributed by atoms with Gasteiger partial charge in [0, 0.05) is 0 Å². The summed E-state index contributed by atoms with van der Waals surface area (Å²) >= 11 is 1.20. The van der Waals surface area contributed by atoms with E-state index in [-0.39, 0.29) is 10.2 Å². The fourth-order valence-corrected chi connectivity index (χ4v) is 1.31. The van der Waals surface area contributed by atoms with Crippen molar-refractivity contribution in [2.75, 3.05) is 6.54 Å². The summed E-state index contributed by atoms with van der Waals surface area (Å²) in [4.78, 5) is 0. The Bertz CT molecular complexity index is 201. The molecule has 0 aliphatic heterocycles. The number of thiocyanates is 1. The Morgan fingerprint density at radius 3 is 2.17 bits per heavy atom. The molecular weight excluding hydrogens is 170 g/mol. The Hall–Kier alpha value is -0.560. The number of rotatable bonds is 3. The Labute approximate surface area is 78.0 Å². The van der Waals surface area contributed by atoms with E-state index >= 15 is 0 Å². The molecule has 0 aromatic carbocycles. The van der Waals surface area contributed by atoms with Gasteiger partial charge in [-0.2, -0.15) is 10.4 Å². The van der Waals surface area contributed by atoms with E-state index < -0.39 is 0 Å². The van der Waals surface area contributed by atoms with Crippen molar-refractivity contribution in [1.82, 2.24) is 0 Å². The molecular formula is C8H15N3S. The van der Waals surface area contributed by atoms with Crippen LogP contribution in [0.25, 0.3) is 0 Å². The van der Waals surface area contributed by atoms with Gasteiger partial charge in [0.1, 0.15) is 5.40 Å². The zero-order valence-electron chi connectivity index (χ0n) is 8.01. The second kappa shape index (κ2) is 3.90. The summed E-state index contributed by atoms with van der Waals surface area (Å²) in [7, 11) is 0. The van der Waals surface area contributed by atoms with Crippen LogP contribution in [0.3, 0.4) is 0 Å². The van der Waals surface area contributed by atoms with Gasteiger partial charge in [0.15, 0.2) is 0 Å². The van der Waals surface area contributed by atoms with Crippen LogP contribution < -0.4 is 0 Å². The predicted octanol–water partition coefficient (Wildman–Crippen LogP) is 3.04. The first kappa shape index (κ1) is 11.4. The molecule has 0 aromatic heterocycles. The van der Waals surface area contributed by atoms with Gasteiger partial charge in [-0.3, -0.25) is 0 Å². The highest BCUT2D eigenvalue weighted by molar-refractivity contribution is 8.05. The molecule has 0 aliphatic rings. The highest BCUT2D eigenvalue weighted by Crippen LogP contribution is 2.41. The summed E-state index contributed by atoms with van der Waals surface area (Å²) in [6.45, 7) is 8.54. The molecule has 0 aromatic rings. The Balaban J connectivity index is 4.63. The molecule has 0 amide bonds. The van der Waals surface area contributed by atoms with Crippen LogP contribution in [0.4, 0.5) is 0 Å². The highest BCUT2D eigenvalue weighted by atomic mass is 32.2. The molecule has 0 fully saturated rings. The summed E-state index contributed by atoms with van der Waals surface area (Å²) in [5.41, 5.74) is 6.80. The van der Waals surface area contributed by atoms with Crippen molar-refractivity contribution in [3.63, 3.8) is 0 Å². The lowest BCUT2D eigenvalue weighted by atomic mass is 9.81. The Kier molecular flexibility index (Phi) is 3.72. The molecule has 0 radical (unpaired) electrons. The monoisotopic (exact) mass is 185 g/mol.